The first kappa shape index (κ1) is 15.0. The topological polar surface area (TPSA) is 73.3 Å². The van der Waals surface area contributed by atoms with Crippen molar-refractivity contribution in [2.75, 3.05) is 26.2 Å². The molecule has 0 spiro atoms. The summed E-state index contributed by atoms with van der Waals surface area (Å²) < 4.78 is 10.6. The van der Waals surface area contributed by atoms with Gasteiger partial charge in [0.2, 0.25) is 0 Å². The lowest BCUT2D eigenvalue weighted by molar-refractivity contribution is 0.354. The fraction of sp³-hybridized carbons (Fsp3) is 0.250. The van der Waals surface area contributed by atoms with E-state index in [2.05, 4.69) is 19.9 Å². The zero-order valence-electron chi connectivity index (χ0n) is 13.2. The zero-order valence-corrected chi connectivity index (χ0v) is 13.2. The SMILES string of the molecule is COc1ccc(CN(C)c2ncnc3nccnc23)cc1OC. The summed E-state index contributed by atoms with van der Waals surface area (Å²) in [6.45, 7) is 0.642. The Labute approximate surface area is 133 Å². The standard InChI is InChI=1S/C16H17N5O2/c1-21(9-11-4-5-12(22-2)13(8-11)23-3)16-14-15(19-10-20-16)18-7-6-17-14/h4-8,10H,9H2,1-3H3. The van der Waals surface area contributed by atoms with Gasteiger partial charge in [0.25, 0.3) is 0 Å². The van der Waals surface area contributed by atoms with Gasteiger partial charge in [-0.3, -0.25) is 0 Å². The third-order valence-electron chi connectivity index (χ3n) is 3.48. The van der Waals surface area contributed by atoms with E-state index in [9.17, 15) is 0 Å². The van der Waals surface area contributed by atoms with Crippen LogP contribution in [0, 0.1) is 0 Å². The molecule has 1 aromatic carbocycles. The number of nitrogens with zero attached hydrogens (tertiary/aromatic N) is 5. The number of fused-ring (bicyclic) bond motifs is 1. The summed E-state index contributed by atoms with van der Waals surface area (Å²) in [5.74, 6) is 2.14. The lowest BCUT2D eigenvalue weighted by Crippen LogP contribution is -2.18. The summed E-state index contributed by atoms with van der Waals surface area (Å²) in [4.78, 5) is 19.0. The summed E-state index contributed by atoms with van der Waals surface area (Å²) in [6, 6.07) is 5.83. The Balaban J connectivity index is 1.90. The molecule has 0 aliphatic rings. The molecule has 23 heavy (non-hydrogen) atoms. The Morgan fingerprint density at radius 2 is 1.74 bits per heavy atom. The van der Waals surface area contributed by atoms with Crippen molar-refractivity contribution in [1.29, 1.82) is 0 Å². The van der Waals surface area contributed by atoms with Gasteiger partial charge in [-0.15, -0.1) is 0 Å². The third-order valence-corrected chi connectivity index (χ3v) is 3.48. The highest BCUT2D eigenvalue weighted by Gasteiger charge is 2.12. The largest absolute Gasteiger partial charge is 0.493 e. The van der Waals surface area contributed by atoms with Gasteiger partial charge in [0.05, 0.1) is 14.2 Å². The first-order valence-electron chi connectivity index (χ1n) is 7.06. The fourth-order valence-electron chi connectivity index (χ4n) is 2.39. The predicted molar refractivity (Wildman–Crippen MR) is 86.8 cm³/mol. The molecule has 2 aromatic heterocycles. The van der Waals surface area contributed by atoms with Gasteiger partial charge < -0.3 is 14.4 Å². The van der Waals surface area contributed by atoms with Crippen molar-refractivity contribution in [1.82, 2.24) is 19.9 Å². The highest BCUT2D eigenvalue weighted by atomic mass is 16.5. The first-order chi connectivity index (χ1) is 11.2. The smallest absolute Gasteiger partial charge is 0.183 e. The van der Waals surface area contributed by atoms with Crippen LogP contribution < -0.4 is 14.4 Å². The van der Waals surface area contributed by atoms with E-state index in [1.54, 1.807) is 26.6 Å². The van der Waals surface area contributed by atoms with Gasteiger partial charge in [-0.2, -0.15) is 0 Å². The van der Waals surface area contributed by atoms with Crippen LogP contribution in [0.25, 0.3) is 11.2 Å². The van der Waals surface area contributed by atoms with Crippen molar-refractivity contribution < 1.29 is 9.47 Å². The molecule has 3 aromatic rings. The van der Waals surface area contributed by atoms with Crippen LogP contribution in [0.4, 0.5) is 5.82 Å². The zero-order chi connectivity index (χ0) is 16.2. The molecule has 0 unspecified atom stereocenters. The molecule has 0 bridgehead atoms. The average Bonchev–Trinajstić information content (AvgIpc) is 2.61. The molecule has 0 saturated heterocycles. The van der Waals surface area contributed by atoms with Crippen molar-refractivity contribution >= 4 is 17.0 Å². The van der Waals surface area contributed by atoms with Crippen molar-refractivity contribution in [3.05, 3.63) is 42.5 Å². The van der Waals surface area contributed by atoms with Crippen LogP contribution in [0.15, 0.2) is 36.9 Å². The predicted octanol–water partition coefficient (Wildman–Crippen LogP) is 2.07. The second kappa shape index (κ2) is 6.43. The molecule has 3 rings (SSSR count). The first-order valence-corrected chi connectivity index (χ1v) is 7.06. The summed E-state index contributed by atoms with van der Waals surface area (Å²) in [6.07, 6.45) is 4.75. The lowest BCUT2D eigenvalue weighted by Gasteiger charge is -2.19. The number of rotatable bonds is 5. The van der Waals surface area contributed by atoms with Crippen molar-refractivity contribution in [2.45, 2.75) is 6.54 Å². The maximum atomic E-state index is 5.34. The Morgan fingerprint density at radius 1 is 0.957 bits per heavy atom. The van der Waals surface area contributed by atoms with Crippen LogP contribution in [-0.4, -0.2) is 41.2 Å². The molecular weight excluding hydrogens is 294 g/mol. The molecular formula is C16H17N5O2. The molecule has 0 amide bonds. The van der Waals surface area contributed by atoms with Gasteiger partial charge in [-0.25, -0.2) is 19.9 Å². The number of hydrogen-bond acceptors (Lipinski definition) is 7. The van der Waals surface area contributed by atoms with Crippen molar-refractivity contribution in [3.8, 4) is 11.5 Å². The van der Waals surface area contributed by atoms with Crippen LogP contribution in [0.3, 0.4) is 0 Å². The van der Waals surface area contributed by atoms with Gasteiger partial charge in [0, 0.05) is 26.0 Å². The third kappa shape index (κ3) is 2.98. The normalized spacial score (nSPS) is 10.6. The molecule has 0 N–H and O–H groups in total. The Bertz CT molecular complexity index is 819. The maximum Gasteiger partial charge on any atom is 0.183 e. The number of ether oxygens (including phenoxy) is 2. The molecule has 7 heteroatoms. The fourth-order valence-corrected chi connectivity index (χ4v) is 2.39. The molecule has 7 nitrogen and oxygen atoms in total. The maximum absolute atomic E-state index is 5.34. The van der Waals surface area contributed by atoms with E-state index in [4.69, 9.17) is 9.47 Å². The van der Waals surface area contributed by atoms with Crippen LogP contribution in [0.1, 0.15) is 5.56 Å². The molecule has 118 valence electrons. The number of aromatic nitrogens is 4. The molecule has 2 heterocycles. The summed E-state index contributed by atoms with van der Waals surface area (Å²) in [7, 11) is 5.20. The van der Waals surface area contributed by atoms with Crippen LogP contribution >= 0.6 is 0 Å². The number of benzene rings is 1. The van der Waals surface area contributed by atoms with Crippen molar-refractivity contribution in [2.24, 2.45) is 0 Å². The van der Waals surface area contributed by atoms with E-state index in [0.717, 1.165) is 11.4 Å². The molecule has 0 saturated carbocycles. The van der Waals surface area contributed by atoms with Gasteiger partial charge in [-0.1, -0.05) is 6.07 Å². The second-order valence-corrected chi connectivity index (χ2v) is 4.97. The number of anilines is 1. The molecule has 0 aliphatic heterocycles. The van der Waals surface area contributed by atoms with E-state index >= 15 is 0 Å². The van der Waals surface area contributed by atoms with E-state index in [-0.39, 0.29) is 0 Å². The molecule has 0 aliphatic carbocycles. The summed E-state index contributed by atoms with van der Waals surface area (Å²) >= 11 is 0. The minimum absolute atomic E-state index is 0.580. The van der Waals surface area contributed by atoms with Crippen LogP contribution in [0.5, 0.6) is 11.5 Å². The van der Waals surface area contributed by atoms with Gasteiger partial charge >= 0.3 is 0 Å². The second-order valence-electron chi connectivity index (χ2n) is 4.97. The van der Waals surface area contributed by atoms with E-state index in [1.807, 2.05) is 30.1 Å². The number of hydrogen-bond donors (Lipinski definition) is 0. The van der Waals surface area contributed by atoms with E-state index in [1.165, 1.54) is 6.33 Å². The van der Waals surface area contributed by atoms with E-state index in [0.29, 0.717) is 29.2 Å². The van der Waals surface area contributed by atoms with Crippen LogP contribution in [-0.2, 0) is 6.54 Å². The summed E-state index contributed by atoms with van der Waals surface area (Å²) in [5.41, 5.74) is 2.33. The van der Waals surface area contributed by atoms with E-state index < -0.39 is 0 Å². The van der Waals surface area contributed by atoms with Crippen molar-refractivity contribution in [3.63, 3.8) is 0 Å². The minimum Gasteiger partial charge on any atom is -0.493 e. The Hall–Kier alpha value is -2.96. The number of methoxy groups -OCH3 is 2. The highest BCUT2D eigenvalue weighted by Crippen LogP contribution is 2.28. The van der Waals surface area contributed by atoms with Crippen LogP contribution in [0.2, 0.25) is 0 Å². The monoisotopic (exact) mass is 311 g/mol. The van der Waals surface area contributed by atoms with Gasteiger partial charge in [-0.05, 0) is 17.7 Å². The average molecular weight is 311 g/mol. The quantitative estimate of drug-likeness (QED) is 0.714. The molecule has 0 fully saturated rings. The molecule has 0 atom stereocenters. The Morgan fingerprint density at radius 3 is 2.52 bits per heavy atom. The lowest BCUT2D eigenvalue weighted by atomic mass is 10.2. The molecule has 0 radical (unpaired) electrons. The Kier molecular flexibility index (Phi) is 4.18. The van der Waals surface area contributed by atoms with Gasteiger partial charge in [0.15, 0.2) is 28.5 Å². The van der Waals surface area contributed by atoms with Gasteiger partial charge in [0.1, 0.15) is 6.33 Å². The minimum atomic E-state index is 0.580. The highest BCUT2D eigenvalue weighted by molar-refractivity contribution is 5.81. The summed E-state index contributed by atoms with van der Waals surface area (Å²) in [5, 5.41) is 0.